The Balaban J connectivity index is 1.38. The molecule has 1 N–H and O–H groups in total. The molecule has 0 bridgehead atoms. The Morgan fingerprint density at radius 3 is 2.70 bits per heavy atom. The van der Waals surface area contributed by atoms with Crippen LogP contribution in [0.2, 0.25) is 0 Å². The average Bonchev–Trinajstić information content (AvgIpc) is 2.67. The quantitative estimate of drug-likeness (QED) is 0.567. The molecule has 0 saturated carbocycles. The van der Waals surface area contributed by atoms with Crippen LogP contribution >= 0.6 is 11.8 Å². The van der Waals surface area contributed by atoms with E-state index >= 15 is 0 Å². The van der Waals surface area contributed by atoms with Crippen molar-refractivity contribution in [3.05, 3.63) is 77.4 Å². The molecule has 1 amide bonds. The van der Waals surface area contributed by atoms with Crippen molar-refractivity contribution in [3.63, 3.8) is 0 Å². The lowest BCUT2D eigenvalue weighted by atomic mass is 10.1. The van der Waals surface area contributed by atoms with Gasteiger partial charge in [0, 0.05) is 5.75 Å². The van der Waals surface area contributed by atoms with Crippen LogP contribution in [0.15, 0.2) is 60.7 Å². The maximum atomic E-state index is 12.0. The topological polar surface area (TPSA) is 38.3 Å². The van der Waals surface area contributed by atoms with E-state index in [1.807, 2.05) is 25.1 Å². The number of hydrogen-bond donors (Lipinski definition) is 1. The Hall–Kier alpha value is -2.46. The summed E-state index contributed by atoms with van der Waals surface area (Å²) in [5.74, 6) is 2.20. The number of aryl methyl sites for hydroxylation is 2. The van der Waals surface area contributed by atoms with Crippen molar-refractivity contribution in [3.8, 4) is 5.75 Å². The van der Waals surface area contributed by atoms with E-state index in [-0.39, 0.29) is 5.91 Å². The Labute approximate surface area is 165 Å². The molecule has 0 aliphatic carbocycles. The van der Waals surface area contributed by atoms with Gasteiger partial charge in [0.15, 0.2) is 0 Å². The summed E-state index contributed by atoms with van der Waals surface area (Å²) in [5.41, 5.74) is 3.60. The van der Waals surface area contributed by atoms with Crippen LogP contribution < -0.4 is 10.1 Å². The molecule has 27 heavy (non-hydrogen) atoms. The molecule has 4 heteroatoms. The largest absolute Gasteiger partial charge is 0.491 e. The van der Waals surface area contributed by atoms with Gasteiger partial charge in [0.1, 0.15) is 12.4 Å². The van der Waals surface area contributed by atoms with Crippen LogP contribution in [0, 0.1) is 13.8 Å². The lowest BCUT2D eigenvalue weighted by Gasteiger charge is -2.10. The van der Waals surface area contributed by atoms with Crippen LogP contribution in [0.25, 0.3) is 10.8 Å². The van der Waals surface area contributed by atoms with E-state index in [0.717, 1.165) is 17.1 Å². The molecule has 3 nitrogen and oxygen atoms in total. The highest BCUT2D eigenvalue weighted by atomic mass is 32.2. The number of ether oxygens (including phenoxy) is 1. The van der Waals surface area contributed by atoms with E-state index in [4.69, 9.17) is 4.74 Å². The molecule has 140 valence electrons. The first kappa shape index (κ1) is 19.3. The number of fused-ring (bicyclic) bond motifs is 1. The standard InChI is InChI=1S/C23H25NO2S/c1-17-10-11-22(18(2)14-17)26-13-12-24-23(25)16-27-15-20-8-5-7-19-6-3-4-9-21(19)20/h3-11,14H,12-13,15-16H2,1-2H3,(H,24,25). The van der Waals surface area contributed by atoms with Crippen molar-refractivity contribution >= 4 is 28.4 Å². The average molecular weight is 380 g/mol. The Morgan fingerprint density at radius 2 is 1.85 bits per heavy atom. The molecule has 0 heterocycles. The maximum absolute atomic E-state index is 12.0. The van der Waals surface area contributed by atoms with Gasteiger partial charge < -0.3 is 10.1 Å². The van der Waals surface area contributed by atoms with E-state index in [1.54, 1.807) is 11.8 Å². The summed E-state index contributed by atoms with van der Waals surface area (Å²) in [6.45, 7) is 5.09. The number of thioether (sulfide) groups is 1. The SMILES string of the molecule is Cc1ccc(OCCNC(=O)CSCc2cccc3ccccc23)c(C)c1. The molecule has 0 aliphatic heterocycles. The van der Waals surface area contributed by atoms with Gasteiger partial charge in [-0.1, -0.05) is 60.2 Å². The molecule has 3 aromatic carbocycles. The van der Waals surface area contributed by atoms with Crippen LogP contribution in [0.1, 0.15) is 16.7 Å². The first-order valence-corrected chi connectivity index (χ1v) is 10.3. The molecule has 0 radical (unpaired) electrons. The molecular formula is C23H25NO2S. The highest BCUT2D eigenvalue weighted by Crippen LogP contribution is 2.22. The summed E-state index contributed by atoms with van der Waals surface area (Å²) in [5, 5.41) is 5.42. The highest BCUT2D eigenvalue weighted by molar-refractivity contribution is 7.99. The zero-order valence-corrected chi connectivity index (χ0v) is 16.6. The molecule has 0 unspecified atom stereocenters. The zero-order chi connectivity index (χ0) is 19.1. The van der Waals surface area contributed by atoms with Gasteiger partial charge in [0.2, 0.25) is 5.91 Å². The van der Waals surface area contributed by atoms with Crippen LogP contribution in [0.3, 0.4) is 0 Å². The van der Waals surface area contributed by atoms with Crippen LogP contribution in [0.4, 0.5) is 0 Å². The van der Waals surface area contributed by atoms with Crippen molar-refractivity contribution in [1.29, 1.82) is 0 Å². The van der Waals surface area contributed by atoms with Crippen molar-refractivity contribution in [1.82, 2.24) is 5.32 Å². The van der Waals surface area contributed by atoms with Crippen molar-refractivity contribution in [2.24, 2.45) is 0 Å². The van der Waals surface area contributed by atoms with E-state index in [9.17, 15) is 4.79 Å². The monoisotopic (exact) mass is 379 g/mol. The molecule has 0 saturated heterocycles. The van der Waals surface area contributed by atoms with Crippen LogP contribution in [-0.2, 0) is 10.5 Å². The Kier molecular flexibility index (Phi) is 6.77. The van der Waals surface area contributed by atoms with E-state index < -0.39 is 0 Å². The molecule has 0 atom stereocenters. The number of rotatable bonds is 8. The van der Waals surface area contributed by atoms with Crippen LogP contribution in [-0.4, -0.2) is 24.8 Å². The first-order chi connectivity index (χ1) is 13.1. The third-order valence-electron chi connectivity index (χ3n) is 4.38. The molecule has 0 fully saturated rings. The Bertz CT molecular complexity index is 918. The number of hydrogen-bond acceptors (Lipinski definition) is 3. The number of benzene rings is 3. The summed E-state index contributed by atoms with van der Waals surface area (Å²) in [6, 6.07) is 20.8. The summed E-state index contributed by atoms with van der Waals surface area (Å²) < 4.78 is 5.74. The number of carbonyl (C=O) groups excluding carboxylic acids is 1. The van der Waals surface area contributed by atoms with Crippen molar-refractivity contribution < 1.29 is 9.53 Å². The normalized spacial score (nSPS) is 10.7. The molecule has 0 aliphatic rings. The van der Waals surface area contributed by atoms with Gasteiger partial charge in [-0.3, -0.25) is 4.79 Å². The minimum Gasteiger partial charge on any atom is -0.491 e. The fourth-order valence-corrected chi connectivity index (χ4v) is 3.90. The number of amides is 1. The van der Waals surface area contributed by atoms with E-state index in [1.165, 1.54) is 21.9 Å². The fraction of sp³-hybridized carbons (Fsp3) is 0.261. The predicted octanol–water partition coefficient (Wildman–Crippen LogP) is 4.89. The number of nitrogens with one attached hydrogen (secondary N) is 1. The minimum absolute atomic E-state index is 0.0458. The maximum Gasteiger partial charge on any atom is 0.230 e. The Morgan fingerprint density at radius 1 is 1.04 bits per heavy atom. The smallest absolute Gasteiger partial charge is 0.230 e. The molecule has 3 rings (SSSR count). The first-order valence-electron chi connectivity index (χ1n) is 9.14. The van der Waals surface area contributed by atoms with Crippen molar-refractivity contribution in [2.75, 3.05) is 18.9 Å². The number of carbonyl (C=O) groups is 1. The van der Waals surface area contributed by atoms with E-state index in [0.29, 0.717) is 18.9 Å². The summed E-state index contributed by atoms with van der Waals surface area (Å²) in [4.78, 5) is 12.0. The second-order valence-electron chi connectivity index (χ2n) is 6.60. The third-order valence-corrected chi connectivity index (χ3v) is 5.36. The molecule has 0 aromatic heterocycles. The van der Waals surface area contributed by atoms with Crippen LogP contribution in [0.5, 0.6) is 5.75 Å². The van der Waals surface area contributed by atoms with Gasteiger partial charge in [-0.25, -0.2) is 0 Å². The molecule has 0 spiro atoms. The predicted molar refractivity (Wildman–Crippen MR) is 115 cm³/mol. The zero-order valence-electron chi connectivity index (χ0n) is 15.8. The fourth-order valence-electron chi connectivity index (χ4n) is 3.04. The lowest BCUT2D eigenvalue weighted by molar-refractivity contribution is -0.118. The third kappa shape index (κ3) is 5.51. The lowest BCUT2D eigenvalue weighted by Crippen LogP contribution is -2.29. The van der Waals surface area contributed by atoms with Gasteiger partial charge in [-0.15, -0.1) is 11.8 Å². The minimum atomic E-state index is 0.0458. The van der Waals surface area contributed by atoms with Gasteiger partial charge >= 0.3 is 0 Å². The second-order valence-corrected chi connectivity index (χ2v) is 7.58. The summed E-state index contributed by atoms with van der Waals surface area (Å²) >= 11 is 1.63. The van der Waals surface area contributed by atoms with E-state index in [2.05, 4.69) is 54.7 Å². The summed E-state index contributed by atoms with van der Waals surface area (Å²) in [7, 11) is 0. The highest BCUT2D eigenvalue weighted by Gasteiger charge is 2.05. The van der Waals surface area contributed by atoms with Gasteiger partial charge in [-0.2, -0.15) is 0 Å². The van der Waals surface area contributed by atoms with Gasteiger partial charge in [0.25, 0.3) is 0 Å². The van der Waals surface area contributed by atoms with Gasteiger partial charge in [0.05, 0.1) is 12.3 Å². The second kappa shape index (κ2) is 9.47. The summed E-state index contributed by atoms with van der Waals surface area (Å²) in [6.07, 6.45) is 0. The molecule has 3 aromatic rings. The van der Waals surface area contributed by atoms with Crippen molar-refractivity contribution in [2.45, 2.75) is 19.6 Å². The molecular weight excluding hydrogens is 354 g/mol. The van der Waals surface area contributed by atoms with Gasteiger partial charge in [-0.05, 0) is 41.8 Å².